The van der Waals surface area contributed by atoms with Gasteiger partial charge in [0.05, 0.1) is 0 Å². The Morgan fingerprint density at radius 1 is 1.67 bits per heavy atom. The summed E-state index contributed by atoms with van der Waals surface area (Å²) in [6.45, 7) is 7.14. The maximum atomic E-state index is 10.8. The summed E-state index contributed by atoms with van der Waals surface area (Å²) in [5.41, 5.74) is 0.815. The van der Waals surface area contributed by atoms with E-state index in [-0.39, 0.29) is 5.78 Å². The molecule has 0 atom stereocenters. The van der Waals surface area contributed by atoms with Gasteiger partial charge in [-0.2, -0.15) is 0 Å². The molecule has 0 radical (unpaired) electrons. The highest BCUT2D eigenvalue weighted by Crippen LogP contribution is 1.97. The number of hydrogen-bond acceptors (Lipinski definition) is 1. The number of rotatable bonds is 3. The highest BCUT2D eigenvalue weighted by molar-refractivity contribution is 5.95. The van der Waals surface area contributed by atoms with Gasteiger partial charge in [0.1, 0.15) is 0 Å². The van der Waals surface area contributed by atoms with Crippen LogP contribution in [0.3, 0.4) is 0 Å². The third-order valence-electron chi connectivity index (χ3n) is 1.20. The lowest BCUT2D eigenvalue weighted by molar-refractivity contribution is -0.114. The molecule has 0 saturated carbocycles. The van der Waals surface area contributed by atoms with Gasteiger partial charge < -0.3 is 0 Å². The Labute approximate surface area is 56.1 Å². The second-order valence-electron chi connectivity index (χ2n) is 1.89. The fraction of sp³-hybridized carbons (Fsp3) is 0.375. The first-order valence-corrected chi connectivity index (χ1v) is 2.99. The molecule has 1 nitrogen and oxygen atoms in total. The van der Waals surface area contributed by atoms with Gasteiger partial charge in [-0.1, -0.05) is 12.2 Å². The third kappa shape index (κ3) is 2.85. The summed E-state index contributed by atoms with van der Waals surface area (Å²) in [6.07, 6.45) is 3.89. The molecule has 0 aliphatic heterocycles. The van der Waals surface area contributed by atoms with Gasteiger partial charge in [-0.05, 0) is 19.4 Å². The lowest BCUT2D eigenvalue weighted by Gasteiger charge is -1.92. The fourth-order valence-electron chi connectivity index (χ4n) is 0.453. The molecule has 0 aliphatic rings. The van der Waals surface area contributed by atoms with Crippen molar-refractivity contribution in [3.63, 3.8) is 0 Å². The molecule has 0 saturated heterocycles. The fourth-order valence-corrected chi connectivity index (χ4v) is 0.453. The lowest BCUT2D eigenvalue weighted by Crippen LogP contribution is -1.95. The van der Waals surface area contributed by atoms with Crippen molar-refractivity contribution >= 4 is 5.78 Å². The molecule has 0 unspecified atom stereocenters. The summed E-state index contributed by atoms with van der Waals surface area (Å²) in [4.78, 5) is 10.8. The molecular formula is C8H12O. The number of ketones is 1. The average molecular weight is 124 g/mol. The molecule has 0 amide bonds. The number of hydrogen-bond donors (Lipinski definition) is 0. The van der Waals surface area contributed by atoms with Gasteiger partial charge in [0.15, 0.2) is 5.78 Å². The van der Waals surface area contributed by atoms with Gasteiger partial charge in [-0.15, -0.1) is 6.58 Å². The van der Waals surface area contributed by atoms with Crippen molar-refractivity contribution < 1.29 is 4.79 Å². The molecule has 0 fully saturated rings. The van der Waals surface area contributed by atoms with E-state index in [0.717, 1.165) is 5.57 Å². The summed E-state index contributed by atoms with van der Waals surface area (Å²) < 4.78 is 0. The molecule has 0 heterocycles. The Bertz CT molecular complexity index is 143. The van der Waals surface area contributed by atoms with E-state index >= 15 is 0 Å². The molecule has 50 valence electrons. The number of allylic oxidation sites excluding steroid dienone is 3. The van der Waals surface area contributed by atoms with Crippen LogP contribution in [-0.2, 0) is 4.79 Å². The minimum Gasteiger partial charge on any atom is -0.294 e. The highest BCUT2D eigenvalue weighted by atomic mass is 16.1. The predicted molar refractivity (Wildman–Crippen MR) is 39.3 cm³/mol. The second kappa shape index (κ2) is 4.07. The third-order valence-corrected chi connectivity index (χ3v) is 1.20. The van der Waals surface area contributed by atoms with Gasteiger partial charge >= 0.3 is 0 Å². The number of carbonyl (C=O) groups is 1. The van der Waals surface area contributed by atoms with Crippen LogP contribution in [0, 0.1) is 0 Å². The van der Waals surface area contributed by atoms with Gasteiger partial charge in [0, 0.05) is 6.42 Å². The molecule has 0 bridgehead atoms. The molecule has 0 aromatic heterocycles. The van der Waals surface area contributed by atoms with Gasteiger partial charge in [-0.25, -0.2) is 0 Å². The minimum atomic E-state index is 0.160. The highest BCUT2D eigenvalue weighted by Gasteiger charge is 1.97. The van der Waals surface area contributed by atoms with Crippen LogP contribution in [0.4, 0.5) is 0 Å². The summed E-state index contributed by atoms with van der Waals surface area (Å²) in [5.74, 6) is 0.160. The Kier molecular flexibility index (Phi) is 3.69. The SMILES string of the molecule is C=CCC(=O)/C(C)=C/C. The first kappa shape index (κ1) is 8.15. The summed E-state index contributed by atoms with van der Waals surface area (Å²) >= 11 is 0. The molecule has 0 aromatic rings. The minimum absolute atomic E-state index is 0.160. The summed E-state index contributed by atoms with van der Waals surface area (Å²) in [7, 11) is 0. The first-order valence-electron chi connectivity index (χ1n) is 2.99. The van der Waals surface area contributed by atoms with Crippen LogP contribution in [-0.4, -0.2) is 5.78 Å². The van der Waals surface area contributed by atoms with Crippen molar-refractivity contribution in [1.82, 2.24) is 0 Å². The number of carbonyl (C=O) groups excluding carboxylic acids is 1. The van der Waals surface area contributed by atoms with Crippen molar-refractivity contribution in [2.24, 2.45) is 0 Å². The van der Waals surface area contributed by atoms with Crippen molar-refractivity contribution in [2.45, 2.75) is 20.3 Å². The standard InChI is InChI=1S/C8H12O/c1-4-6-8(9)7(3)5-2/h4-5H,1,6H2,2-3H3/b7-5+. The van der Waals surface area contributed by atoms with E-state index in [1.807, 2.05) is 19.9 Å². The largest absolute Gasteiger partial charge is 0.294 e. The van der Waals surface area contributed by atoms with E-state index in [9.17, 15) is 4.79 Å². The maximum absolute atomic E-state index is 10.8. The Balaban J connectivity index is 3.88. The lowest BCUT2D eigenvalue weighted by atomic mass is 10.1. The Morgan fingerprint density at radius 3 is 2.56 bits per heavy atom. The zero-order valence-corrected chi connectivity index (χ0v) is 5.98. The van der Waals surface area contributed by atoms with Crippen LogP contribution < -0.4 is 0 Å². The molecule has 0 spiro atoms. The van der Waals surface area contributed by atoms with E-state index < -0.39 is 0 Å². The topological polar surface area (TPSA) is 17.1 Å². The van der Waals surface area contributed by atoms with Crippen LogP contribution in [0.25, 0.3) is 0 Å². The molecule has 0 rings (SSSR count). The molecule has 1 heteroatoms. The van der Waals surface area contributed by atoms with Crippen LogP contribution in [0.2, 0.25) is 0 Å². The van der Waals surface area contributed by atoms with Gasteiger partial charge in [0.25, 0.3) is 0 Å². The van der Waals surface area contributed by atoms with Crippen LogP contribution in [0.5, 0.6) is 0 Å². The predicted octanol–water partition coefficient (Wildman–Crippen LogP) is 2.10. The van der Waals surface area contributed by atoms with Crippen LogP contribution in [0.15, 0.2) is 24.3 Å². The molecular weight excluding hydrogens is 112 g/mol. The summed E-state index contributed by atoms with van der Waals surface area (Å²) in [5, 5.41) is 0. The second-order valence-corrected chi connectivity index (χ2v) is 1.89. The van der Waals surface area contributed by atoms with Gasteiger partial charge in [-0.3, -0.25) is 4.79 Å². The summed E-state index contributed by atoms with van der Waals surface area (Å²) in [6, 6.07) is 0. The van der Waals surface area contributed by atoms with E-state index in [0.29, 0.717) is 6.42 Å². The van der Waals surface area contributed by atoms with E-state index in [4.69, 9.17) is 0 Å². The maximum Gasteiger partial charge on any atom is 0.161 e. The van der Waals surface area contributed by atoms with Crippen LogP contribution in [0.1, 0.15) is 20.3 Å². The van der Waals surface area contributed by atoms with Crippen molar-refractivity contribution in [2.75, 3.05) is 0 Å². The van der Waals surface area contributed by atoms with Crippen molar-refractivity contribution in [1.29, 1.82) is 0 Å². The quantitative estimate of drug-likeness (QED) is 0.416. The Hall–Kier alpha value is -0.850. The number of Topliss-reactive ketones (excluding diaryl/α,β-unsaturated/α-hetero) is 1. The smallest absolute Gasteiger partial charge is 0.161 e. The molecule has 0 N–H and O–H groups in total. The zero-order valence-electron chi connectivity index (χ0n) is 5.98. The van der Waals surface area contributed by atoms with E-state index in [1.54, 1.807) is 6.08 Å². The van der Waals surface area contributed by atoms with Gasteiger partial charge in [0.2, 0.25) is 0 Å². The molecule has 0 aliphatic carbocycles. The Morgan fingerprint density at radius 2 is 2.22 bits per heavy atom. The average Bonchev–Trinajstić information content (AvgIpc) is 1.87. The van der Waals surface area contributed by atoms with Crippen molar-refractivity contribution in [3.05, 3.63) is 24.3 Å². The molecule has 0 aromatic carbocycles. The zero-order chi connectivity index (χ0) is 7.28. The normalized spacial score (nSPS) is 11.1. The van der Waals surface area contributed by atoms with Crippen LogP contribution >= 0.6 is 0 Å². The van der Waals surface area contributed by atoms with E-state index in [1.165, 1.54) is 0 Å². The van der Waals surface area contributed by atoms with E-state index in [2.05, 4.69) is 6.58 Å². The van der Waals surface area contributed by atoms with Crippen molar-refractivity contribution in [3.8, 4) is 0 Å². The first-order chi connectivity index (χ1) is 4.22. The monoisotopic (exact) mass is 124 g/mol. The molecule has 9 heavy (non-hydrogen) atoms.